The van der Waals surface area contributed by atoms with Crippen molar-refractivity contribution in [2.75, 3.05) is 26.0 Å². The number of pyridine rings is 1. The number of ether oxygens (including phenoxy) is 1. The summed E-state index contributed by atoms with van der Waals surface area (Å²) >= 11 is 0. The summed E-state index contributed by atoms with van der Waals surface area (Å²) in [5, 5.41) is 6.04. The zero-order valence-electron chi connectivity index (χ0n) is 18.8. The third kappa shape index (κ3) is 5.04. The van der Waals surface area contributed by atoms with Crippen LogP contribution in [0, 0.1) is 5.82 Å². The molecule has 0 aliphatic rings. The molecule has 9 nitrogen and oxygen atoms in total. The van der Waals surface area contributed by atoms with Crippen LogP contribution in [-0.4, -0.2) is 51.5 Å². The Kier molecular flexibility index (Phi) is 7.90. The van der Waals surface area contributed by atoms with Crippen molar-refractivity contribution >= 4 is 36.1 Å². The van der Waals surface area contributed by atoms with E-state index in [-0.39, 0.29) is 42.3 Å². The topological polar surface area (TPSA) is 115 Å². The maximum Gasteiger partial charge on any atom is 0.316 e. The summed E-state index contributed by atoms with van der Waals surface area (Å²) in [6.45, 7) is 2.50. The summed E-state index contributed by atoms with van der Waals surface area (Å²) in [5.74, 6) is -0.278. The molecule has 4 rings (SSSR count). The number of carbonyl (C=O) groups excluding carboxylic acids is 1. The van der Waals surface area contributed by atoms with Gasteiger partial charge in [0.25, 0.3) is 5.91 Å². The molecule has 0 fully saturated rings. The average Bonchev–Trinajstić information content (AvgIpc) is 2.87. The molecule has 4 aromatic rings. The zero-order chi connectivity index (χ0) is 23.4. The number of hydrogen-bond donors (Lipinski definition) is 2. The lowest BCUT2D eigenvalue weighted by atomic mass is 9.95. The molecule has 0 aliphatic heterocycles. The Morgan fingerprint density at radius 2 is 1.88 bits per heavy atom. The number of benzene rings is 1. The van der Waals surface area contributed by atoms with Gasteiger partial charge in [-0.15, -0.1) is 0 Å². The van der Waals surface area contributed by atoms with Gasteiger partial charge in [0.05, 0.1) is 23.9 Å². The number of rotatable bonds is 7. The van der Waals surface area contributed by atoms with Crippen LogP contribution < -0.4 is 15.4 Å². The molecule has 0 saturated heterocycles. The minimum atomic E-state index is -0.484. The summed E-state index contributed by atoms with van der Waals surface area (Å²) in [5.41, 5.74) is 2.92. The van der Waals surface area contributed by atoms with E-state index in [2.05, 4.69) is 35.6 Å². The van der Waals surface area contributed by atoms with Crippen molar-refractivity contribution < 1.29 is 13.9 Å². The first kappa shape index (κ1) is 24.8. The van der Waals surface area contributed by atoms with E-state index >= 15 is 0 Å². The number of methoxy groups -OCH3 is 1. The molecule has 0 radical (unpaired) electrons. The fourth-order valence-electron chi connectivity index (χ4n) is 3.50. The average molecular weight is 482 g/mol. The fourth-order valence-corrected chi connectivity index (χ4v) is 3.50. The van der Waals surface area contributed by atoms with Crippen molar-refractivity contribution in [1.82, 2.24) is 30.2 Å². The Labute approximate surface area is 202 Å². The minimum absolute atomic E-state index is 0. The maximum absolute atomic E-state index is 14.6. The Balaban J connectivity index is 0.00000324. The van der Waals surface area contributed by atoms with Gasteiger partial charge < -0.3 is 15.4 Å². The largest absolute Gasteiger partial charge is 0.467 e. The van der Waals surface area contributed by atoms with E-state index in [1.54, 1.807) is 24.5 Å². The molecule has 1 amide bonds. The zero-order valence-corrected chi connectivity index (χ0v) is 19.8. The second kappa shape index (κ2) is 10.8. The second-order valence-electron chi connectivity index (χ2n) is 7.33. The van der Waals surface area contributed by atoms with E-state index in [1.165, 1.54) is 38.8 Å². The lowest BCUT2D eigenvalue weighted by Gasteiger charge is -2.17. The molecule has 176 valence electrons. The van der Waals surface area contributed by atoms with Crippen LogP contribution in [0.25, 0.3) is 22.2 Å². The van der Waals surface area contributed by atoms with Crippen molar-refractivity contribution in [3.63, 3.8) is 0 Å². The standard InChI is InChI=1S/C23H22FN7O2.H2S/c1-13(15-4-5-17(24)20-16(22(32)25-2)6-7-26-21(15)20)9-27-19-8-18(30-12-31-19)14-10-28-23(33-3)29-11-14;/h4-8,10-13H,9H2,1-3H3,(H,25,32)(H,27,30,31);1H2/t13-;/m1./s1. The van der Waals surface area contributed by atoms with Crippen molar-refractivity contribution in [3.8, 4) is 17.3 Å². The Hall–Kier alpha value is -3.86. The van der Waals surface area contributed by atoms with Crippen molar-refractivity contribution in [1.29, 1.82) is 0 Å². The molecule has 0 spiro atoms. The second-order valence-corrected chi connectivity index (χ2v) is 7.33. The summed E-state index contributed by atoms with van der Waals surface area (Å²) in [6, 6.07) is 6.66. The van der Waals surface area contributed by atoms with E-state index in [9.17, 15) is 9.18 Å². The van der Waals surface area contributed by atoms with Crippen LogP contribution >= 0.6 is 13.5 Å². The third-order valence-corrected chi connectivity index (χ3v) is 5.24. The number of nitrogens with zero attached hydrogens (tertiary/aromatic N) is 5. The summed E-state index contributed by atoms with van der Waals surface area (Å²) in [4.78, 5) is 33.3. The normalized spacial score (nSPS) is 11.4. The van der Waals surface area contributed by atoms with Gasteiger partial charge in [-0.1, -0.05) is 13.0 Å². The highest BCUT2D eigenvalue weighted by Gasteiger charge is 2.18. The first-order chi connectivity index (χ1) is 16.0. The summed E-state index contributed by atoms with van der Waals surface area (Å²) in [6.07, 6.45) is 6.22. The Morgan fingerprint density at radius 1 is 1.12 bits per heavy atom. The molecule has 0 aliphatic carbocycles. The molecular weight excluding hydrogens is 457 g/mol. The van der Waals surface area contributed by atoms with E-state index in [0.29, 0.717) is 23.6 Å². The van der Waals surface area contributed by atoms with Gasteiger partial charge in [-0.3, -0.25) is 9.78 Å². The first-order valence-corrected chi connectivity index (χ1v) is 10.2. The molecule has 3 aromatic heterocycles. The Morgan fingerprint density at radius 3 is 2.59 bits per heavy atom. The third-order valence-electron chi connectivity index (χ3n) is 5.24. The molecule has 0 unspecified atom stereocenters. The van der Waals surface area contributed by atoms with Gasteiger partial charge in [0.2, 0.25) is 0 Å². The van der Waals surface area contributed by atoms with Gasteiger partial charge in [-0.25, -0.2) is 24.3 Å². The van der Waals surface area contributed by atoms with Crippen LogP contribution in [0.15, 0.2) is 49.2 Å². The molecular formula is C23H24FN7O2S. The van der Waals surface area contributed by atoms with Crippen LogP contribution in [-0.2, 0) is 0 Å². The van der Waals surface area contributed by atoms with Crippen LogP contribution in [0.2, 0.25) is 0 Å². The SMILES string of the molecule is CNC(=O)c1ccnc2c([C@H](C)CNc3cc(-c4cnc(OC)nc4)ncn3)ccc(F)c12.S. The highest BCUT2D eigenvalue weighted by molar-refractivity contribution is 7.59. The van der Waals surface area contributed by atoms with Gasteiger partial charge in [0, 0.05) is 55.1 Å². The molecule has 11 heteroatoms. The monoisotopic (exact) mass is 481 g/mol. The lowest BCUT2D eigenvalue weighted by Crippen LogP contribution is -2.19. The smallest absolute Gasteiger partial charge is 0.316 e. The summed E-state index contributed by atoms with van der Waals surface area (Å²) in [7, 11) is 3.01. The Bertz CT molecular complexity index is 1300. The quantitative estimate of drug-likeness (QED) is 0.413. The fraction of sp³-hybridized carbons (Fsp3) is 0.217. The van der Waals surface area contributed by atoms with Gasteiger partial charge >= 0.3 is 6.01 Å². The lowest BCUT2D eigenvalue weighted by molar-refractivity contribution is 0.0964. The molecule has 34 heavy (non-hydrogen) atoms. The highest BCUT2D eigenvalue weighted by atomic mass is 32.1. The van der Waals surface area contributed by atoms with E-state index in [1.807, 2.05) is 6.92 Å². The van der Waals surface area contributed by atoms with E-state index in [4.69, 9.17) is 4.74 Å². The molecule has 1 aromatic carbocycles. The number of amides is 1. The molecule has 0 bridgehead atoms. The number of fused-ring (bicyclic) bond motifs is 1. The first-order valence-electron chi connectivity index (χ1n) is 10.2. The van der Waals surface area contributed by atoms with Crippen LogP contribution in [0.1, 0.15) is 28.8 Å². The molecule has 1 atom stereocenters. The molecule has 2 N–H and O–H groups in total. The van der Waals surface area contributed by atoms with E-state index < -0.39 is 5.82 Å². The van der Waals surface area contributed by atoms with Crippen LogP contribution in [0.3, 0.4) is 0 Å². The van der Waals surface area contributed by atoms with Gasteiger partial charge in [-0.2, -0.15) is 13.5 Å². The van der Waals surface area contributed by atoms with Crippen molar-refractivity contribution in [3.05, 3.63) is 66.1 Å². The summed E-state index contributed by atoms with van der Waals surface area (Å²) < 4.78 is 19.6. The molecule has 3 heterocycles. The number of aromatic nitrogens is 5. The highest BCUT2D eigenvalue weighted by Crippen LogP contribution is 2.29. The molecule has 0 saturated carbocycles. The number of nitrogens with one attached hydrogen (secondary N) is 2. The number of carbonyl (C=O) groups is 1. The van der Waals surface area contributed by atoms with Gasteiger partial charge in [0.1, 0.15) is 18.0 Å². The predicted octanol–water partition coefficient (Wildman–Crippen LogP) is 3.32. The number of halogens is 1. The number of anilines is 1. The number of hydrogen-bond acceptors (Lipinski definition) is 8. The maximum atomic E-state index is 14.6. The van der Waals surface area contributed by atoms with Crippen LogP contribution in [0.4, 0.5) is 10.2 Å². The predicted molar refractivity (Wildman–Crippen MR) is 132 cm³/mol. The van der Waals surface area contributed by atoms with Crippen LogP contribution in [0.5, 0.6) is 6.01 Å². The minimum Gasteiger partial charge on any atom is -0.467 e. The van der Waals surface area contributed by atoms with Crippen molar-refractivity contribution in [2.45, 2.75) is 12.8 Å². The van der Waals surface area contributed by atoms with E-state index in [0.717, 1.165) is 11.1 Å². The van der Waals surface area contributed by atoms with Crippen molar-refractivity contribution in [2.24, 2.45) is 0 Å². The van der Waals surface area contributed by atoms with Gasteiger partial charge in [-0.05, 0) is 17.7 Å². The van der Waals surface area contributed by atoms with Gasteiger partial charge in [0.15, 0.2) is 0 Å².